The Morgan fingerprint density at radius 1 is 1.24 bits per heavy atom. The Hall–Kier alpha value is -1.09. The number of hydrogen-bond acceptors (Lipinski definition) is 2. The molecular formula is C14H22N2O. The van der Waals surface area contributed by atoms with Crippen molar-refractivity contribution in [3.8, 4) is 0 Å². The van der Waals surface area contributed by atoms with E-state index in [9.17, 15) is 4.79 Å². The number of rotatable bonds is 2. The van der Waals surface area contributed by atoms with Crippen LogP contribution in [0.1, 0.15) is 43.1 Å². The first-order valence-corrected chi connectivity index (χ1v) is 6.53. The van der Waals surface area contributed by atoms with Crippen LogP contribution in [0.25, 0.3) is 0 Å². The molecule has 2 atom stereocenters. The lowest BCUT2D eigenvalue weighted by atomic mass is 9.84. The van der Waals surface area contributed by atoms with Gasteiger partial charge in [0.2, 0.25) is 0 Å². The van der Waals surface area contributed by atoms with Crippen molar-refractivity contribution in [2.24, 2.45) is 11.7 Å². The number of aryl methyl sites for hydroxylation is 2. The highest BCUT2D eigenvalue weighted by Crippen LogP contribution is 2.34. The molecule has 0 radical (unpaired) electrons. The largest absolute Gasteiger partial charge is 0.346 e. The van der Waals surface area contributed by atoms with Crippen LogP contribution in [0.2, 0.25) is 0 Å². The molecule has 0 amide bonds. The topological polar surface area (TPSA) is 48.0 Å². The van der Waals surface area contributed by atoms with Crippen LogP contribution in [-0.4, -0.2) is 11.1 Å². The molecule has 0 aliphatic heterocycles. The van der Waals surface area contributed by atoms with E-state index in [1.54, 1.807) is 12.1 Å². The van der Waals surface area contributed by atoms with Gasteiger partial charge >= 0.3 is 0 Å². The number of nitrogens with zero attached hydrogens (tertiary/aromatic N) is 1. The van der Waals surface area contributed by atoms with Gasteiger partial charge in [-0.15, -0.1) is 0 Å². The van der Waals surface area contributed by atoms with Gasteiger partial charge in [0.25, 0.3) is 0 Å². The number of nitrogens with two attached hydrogens (primary N) is 1. The molecule has 1 aliphatic carbocycles. The maximum Gasteiger partial charge on any atom is 0.182 e. The van der Waals surface area contributed by atoms with Gasteiger partial charge in [-0.25, -0.2) is 0 Å². The van der Waals surface area contributed by atoms with Crippen LogP contribution in [0, 0.1) is 19.8 Å². The van der Waals surface area contributed by atoms with E-state index in [-0.39, 0.29) is 5.43 Å². The normalized spacial score (nSPS) is 24.9. The van der Waals surface area contributed by atoms with E-state index in [0.717, 1.165) is 17.9 Å². The molecule has 94 valence electrons. The highest BCUT2D eigenvalue weighted by atomic mass is 16.1. The van der Waals surface area contributed by atoms with Gasteiger partial charge in [0.15, 0.2) is 5.43 Å². The Balaban J connectivity index is 2.41. The molecule has 1 aromatic heterocycles. The first kappa shape index (κ1) is 12.4. The lowest BCUT2D eigenvalue weighted by molar-refractivity contribution is 0.238. The predicted molar refractivity (Wildman–Crippen MR) is 70.2 cm³/mol. The van der Waals surface area contributed by atoms with Crippen molar-refractivity contribution in [1.82, 2.24) is 4.57 Å². The van der Waals surface area contributed by atoms with Gasteiger partial charge in [-0.1, -0.05) is 12.8 Å². The lowest BCUT2D eigenvalue weighted by Crippen LogP contribution is -2.31. The highest BCUT2D eigenvalue weighted by molar-refractivity contribution is 5.14. The van der Waals surface area contributed by atoms with Crippen LogP contribution < -0.4 is 11.2 Å². The number of hydrogen-bond donors (Lipinski definition) is 1. The molecule has 0 bridgehead atoms. The Labute approximate surface area is 103 Å². The average molecular weight is 234 g/mol. The molecule has 2 unspecified atom stereocenters. The third-order valence-electron chi connectivity index (χ3n) is 3.97. The van der Waals surface area contributed by atoms with Crippen molar-refractivity contribution in [3.05, 3.63) is 33.7 Å². The SMILES string of the molecule is Cc1cc(=O)cc(C)n1C1CCCCC1CN. The minimum absolute atomic E-state index is 0.108. The van der Waals surface area contributed by atoms with Gasteiger partial charge in [0.05, 0.1) is 0 Å². The van der Waals surface area contributed by atoms with E-state index in [1.807, 2.05) is 13.8 Å². The van der Waals surface area contributed by atoms with Gasteiger partial charge in [-0.2, -0.15) is 0 Å². The van der Waals surface area contributed by atoms with Gasteiger partial charge in [0.1, 0.15) is 0 Å². The van der Waals surface area contributed by atoms with Crippen molar-refractivity contribution in [1.29, 1.82) is 0 Å². The van der Waals surface area contributed by atoms with Crippen molar-refractivity contribution < 1.29 is 0 Å². The molecule has 17 heavy (non-hydrogen) atoms. The van der Waals surface area contributed by atoms with Crippen LogP contribution in [0.4, 0.5) is 0 Å². The van der Waals surface area contributed by atoms with E-state index in [1.165, 1.54) is 25.7 Å². The van der Waals surface area contributed by atoms with Crippen LogP contribution in [-0.2, 0) is 0 Å². The van der Waals surface area contributed by atoms with E-state index >= 15 is 0 Å². The monoisotopic (exact) mass is 234 g/mol. The van der Waals surface area contributed by atoms with E-state index in [0.29, 0.717) is 12.0 Å². The van der Waals surface area contributed by atoms with Gasteiger partial charge in [-0.05, 0) is 39.2 Å². The zero-order valence-electron chi connectivity index (χ0n) is 10.8. The van der Waals surface area contributed by atoms with E-state index < -0.39 is 0 Å². The molecule has 1 aliphatic rings. The summed E-state index contributed by atoms with van der Waals surface area (Å²) in [5.74, 6) is 0.559. The smallest absolute Gasteiger partial charge is 0.182 e. The first-order valence-electron chi connectivity index (χ1n) is 6.53. The highest BCUT2D eigenvalue weighted by Gasteiger charge is 2.26. The quantitative estimate of drug-likeness (QED) is 0.852. The molecule has 2 N–H and O–H groups in total. The summed E-state index contributed by atoms with van der Waals surface area (Å²) >= 11 is 0. The summed E-state index contributed by atoms with van der Waals surface area (Å²) in [6.45, 7) is 4.79. The zero-order valence-corrected chi connectivity index (χ0v) is 10.8. The van der Waals surface area contributed by atoms with Crippen LogP contribution >= 0.6 is 0 Å². The molecule has 0 spiro atoms. The molecule has 1 saturated carbocycles. The third kappa shape index (κ3) is 2.44. The first-order chi connectivity index (χ1) is 8.13. The standard InChI is InChI=1S/C14H22N2O/c1-10-7-13(17)8-11(2)16(10)14-6-4-3-5-12(14)9-15/h7-8,12,14H,3-6,9,15H2,1-2H3. The third-order valence-corrected chi connectivity index (χ3v) is 3.97. The minimum atomic E-state index is 0.108. The molecule has 3 heteroatoms. The summed E-state index contributed by atoms with van der Waals surface area (Å²) in [6.07, 6.45) is 4.96. The van der Waals surface area contributed by atoms with Crippen LogP contribution in [0.5, 0.6) is 0 Å². The number of aromatic nitrogens is 1. The molecule has 3 nitrogen and oxygen atoms in total. The fraction of sp³-hybridized carbons (Fsp3) is 0.643. The second-order valence-corrected chi connectivity index (χ2v) is 5.19. The van der Waals surface area contributed by atoms with Crippen LogP contribution in [0.15, 0.2) is 16.9 Å². The fourth-order valence-electron chi connectivity index (χ4n) is 3.20. The molecular weight excluding hydrogens is 212 g/mol. The summed E-state index contributed by atoms with van der Waals surface area (Å²) < 4.78 is 2.32. The molecule has 1 heterocycles. The second kappa shape index (κ2) is 5.05. The summed E-state index contributed by atoms with van der Waals surface area (Å²) in [7, 11) is 0. The lowest BCUT2D eigenvalue weighted by Gasteiger charge is -2.35. The van der Waals surface area contributed by atoms with Gasteiger partial charge < -0.3 is 10.3 Å². The Morgan fingerprint density at radius 2 is 1.82 bits per heavy atom. The Kier molecular flexibility index (Phi) is 3.67. The maximum absolute atomic E-state index is 11.5. The molecule has 2 rings (SSSR count). The van der Waals surface area contributed by atoms with Crippen molar-refractivity contribution >= 4 is 0 Å². The zero-order chi connectivity index (χ0) is 12.4. The molecule has 0 aromatic carbocycles. The van der Waals surface area contributed by atoms with E-state index in [2.05, 4.69) is 4.57 Å². The molecule has 0 saturated heterocycles. The maximum atomic E-state index is 11.5. The summed E-state index contributed by atoms with van der Waals surface area (Å²) in [5.41, 5.74) is 8.13. The van der Waals surface area contributed by atoms with Gasteiger partial charge in [-0.3, -0.25) is 4.79 Å². The average Bonchev–Trinajstić information content (AvgIpc) is 2.28. The van der Waals surface area contributed by atoms with Crippen molar-refractivity contribution in [2.45, 2.75) is 45.6 Å². The predicted octanol–water partition coefficient (Wildman–Crippen LogP) is 2.16. The fourth-order valence-corrected chi connectivity index (χ4v) is 3.20. The second-order valence-electron chi connectivity index (χ2n) is 5.19. The molecule has 1 aromatic rings. The Morgan fingerprint density at radius 3 is 2.41 bits per heavy atom. The summed E-state index contributed by atoms with van der Waals surface area (Å²) in [6, 6.07) is 3.94. The Bertz CT molecular complexity index is 424. The van der Waals surface area contributed by atoms with Crippen LogP contribution in [0.3, 0.4) is 0 Å². The summed E-state index contributed by atoms with van der Waals surface area (Å²) in [4.78, 5) is 11.5. The van der Waals surface area contributed by atoms with Crippen molar-refractivity contribution in [2.75, 3.05) is 6.54 Å². The molecule has 1 fully saturated rings. The summed E-state index contributed by atoms with van der Waals surface area (Å²) in [5, 5.41) is 0. The van der Waals surface area contributed by atoms with Crippen molar-refractivity contribution in [3.63, 3.8) is 0 Å². The minimum Gasteiger partial charge on any atom is -0.346 e. The number of pyridine rings is 1. The van der Waals surface area contributed by atoms with Gasteiger partial charge in [0, 0.05) is 29.6 Å². The van der Waals surface area contributed by atoms with E-state index in [4.69, 9.17) is 5.73 Å².